The number of amides is 1. The maximum Gasteiger partial charge on any atom is 0.387 e. The van der Waals surface area contributed by atoms with Crippen molar-refractivity contribution < 1.29 is 18.3 Å². The Morgan fingerprint density at radius 2 is 1.84 bits per heavy atom. The van der Waals surface area contributed by atoms with E-state index in [9.17, 15) is 13.6 Å². The first-order chi connectivity index (χ1) is 11.9. The lowest BCUT2D eigenvalue weighted by molar-refractivity contribution is -0.123. The Bertz CT molecular complexity index is 565. The van der Waals surface area contributed by atoms with E-state index in [1.54, 1.807) is 18.2 Å². The minimum atomic E-state index is -2.87. The average molecular weight is 356 g/mol. The lowest BCUT2D eigenvalue weighted by Crippen LogP contribution is -2.42. The third kappa shape index (κ3) is 8.32. The number of benzene rings is 1. The first-order valence-electron chi connectivity index (χ1n) is 8.26. The molecule has 0 fully saturated rings. The van der Waals surface area contributed by atoms with Gasteiger partial charge in [-0.15, -0.1) is 0 Å². The number of aliphatic imine (C=N–C) groups is 1. The van der Waals surface area contributed by atoms with Gasteiger partial charge in [0.1, 0.15) is 5.75 Å². The molecule has 1 rings (SSSR count). The van der Waals surface area contributed by atoms with Crippen LogP contribution in [0.3, 0.4) is 0 Å². The molecule has 0 aliphatic carbocycles. The molecule has 0 radical (unpaired) electrons. The van der Waals surface area contributed by atoms with Crippen LogP contribution < -0.4 is 20.7 Å². The number of hydrogen-bond donors (Lipinski definition) is 3. The molecule has 0 saturated heterocycles. The predicted molar refractivity (Wildman–Crippen MR) is 93.7 cm³/mol. The van der Waals surface area contributed by atoms with Gasteiger partial charge < -0.3 is 20.7 Å². The second-order valence-corrected chi connectivity index (χ2v) is 5.55. The molecule has 0 aliphatic rings. The van der Waals surface area contributed by atoms with Gasteiger partial charge in [0.15, 0.2) is 5.96 Å². The molecule has 0 atom stereocenters. The van der Waals surface area contributed by atoms with Crippen molar-refractivity contribution in [2.75, 3.05) is 19.6 Å². The van der Waals surface area contributed by atoms with Gasteiger partial charge in [-0.25, -0.2) is 4.99 Å². The lowest BCUT2D eigenvalue weighted by atomic mass is 10.2. The van der Waals surface area contributed by atoms with Gasteiger partial charge in [-0.3, -0.25) is 4.79 Å². The summed E-state index contributed by atoms with van der Waals surface area (Å²) in [6.45, 7) is 4.51. The number of halogens is 2. The number of rotatable bonds is 9. The van der Waals surface area contributed by atoms with Crippen LogP contribution in [0.5, 0.6) is 5.75 Å². The van der Waals surface area contributed by atoms with E-state index < -0.39 is 6.61 Å². The van der Waals surface area contributed by atoms with Gasteiger partial charge in [-0.1, -0.05) is 32.0 Å². The fourth-order valence-electron chi connectivity index (χ4n) is 1.92. The largest absolute Gasteiger partial charge is 0.434 e. The van der Waals surface area contributed by atoms with Crippen molar-refractivity contribution in [2.45, 2.75) is 33.9 Å². The van der Waals surface area contributed by atoms with E-state index in [0.29, 0.717) is 31.2 Å². The zero-order valence-corrected chi connectivity index (χ0v) is 14.8. The molecule has 0 spiro atoms. The van der Waals surface area contributed by atoms with Crippen LogP contribution in [-0.2, 0) is 11.3 Å². The lowest BCUT2D eigenvalue weighted by Gasteiger charge is -2.13. The summed E-state index contributed by atoms with van der Waals surface area (Å²) in [6.07, 6.45) is 0. The topological polar surface area (TPSA) is 74.8 Å². The van der Waals surface area contributed by atoms with E-state index in [1.807, 2.05) is 20.8 Å². The van der Waals surface area contributed by atoms with Crippen molar-refractivity contribution in [3.63, 3.8) is 0 Å². The number of guanidine groups is 1. The highest BCUT2D eigenvalue weighted by molar-refractivity contribution is 5.80. The molecule has 0 aromatic heterocycles. The van der Waals surface area contributed by atoms with E-state index in [4.69, 9.17) is 0 Å². The molecule has 1 aromatic carbocycles. The van der Waals surface area contributed by atoms with Crippen LogP contribution in [0.15, 0.2) is 29.3 Å². The normalized spacial score (nSPS) is 11.6. The van der Waals surface area contributed by atoms with Crippen molar-refractivity contribution in [3.8, 4) is 5.75 Å². The maximum absolute atomic E-state index is 12.4. The van der Waals surface area contributed by atoms with Crippen LogP contribution in [0.2, 0.25) is 0 Å². The highest BCUT2D eigenvalue weighted by Crippen LogP contribution is 2.20. The van der Waals surface area contributed by atoms with Crippen LogP contribution in [0.25, 0.3) is 0 Å². The highest BCUT2D eigenvalue weighted by Gasteiger charge is 2.09. The minimum absolute atomic E-state index is 0.0122. The Kier molecular flexibility index (Phi) is 9.28. The fraction of sp³-hybridized carbons (Fsp3) is 0.529. The zero-order chi connectivity index (χ0) is 18.7. The fourth-order valence-corrected chi connectivity index (χ4v) is 1.92. The van der Waals surface area contributed by atoms with E-state index in [-0.39, 0.29) is 24.1 Å². The molecule has 1 amide bonds. The Hall–Kier alpha value is -2.38. The van der Waals surface area contributed by atoms with Crippen LogP contribution in [-0.4, -0.2) is 38.1 Å². The Balaban J connectivity index is 2.59. The number of carbonyl (C=O) groups is 1. The van der Waals surface area contributed by atoms with Gasteiger partial charge in [-0.05, 0) is 13.0 Å². The number of carbonyl (C=O) groups excluding carboxylic acids is 1. The molecule has 3 N–H and O–H groups in total. The number of hydrogen-bond acceptors (Lipinski definition) is 3. The molecular weight excluding hydrogens is 330 g/mol. The van der Waals surface area contributed by atoms with Gasteiger partial charge in [0.25, 0.3) is 0 Å². The first-order valence-corrected chi connectivity index (χ1v) is 8.26. The van der Waals surface area contributed by atoms with Crippen molar-refractivity contribution in [1.29, 1.82) is 0 Å². The third-order valence-corrected chi connectivity index (χ3v) is 3.18. The van der Waals surface area contributed by atoms with Crippen molar-refractivity contribution in [2.24, 2.45) is 10.9 Å². The maximum atomic E-state index is 12.4. The number of ether oxygens (including phenoxy) is 1. The van der Waals surface area contributed by atoms with Crippen LogP contribution >= 0.6 is 0 Å². The Morgan fingerprint density at radius 1 is 1.16 bits per heavy atom. The van der Waals surface area contributed by atoms with Gasteiger partial charge in [0, 0.05) is 31.1 Å². The highest BCUT2D eigenvalue weighted by atomic mass is 19.3. The van der Waals surface area contributed by atoms with Crippen LogP contribution in [0.1, 0.15) is 26.3 Å². The SMILES string of the molecule is CCNC(=NCc1ccccc1OC(F)F)NCCNC(=O)C(C)C. The molecule has 0 unspecified atom stereocenters. The summed E-state index contributed by atoms with van der Waals surface area (Å²) in [5.41, 5.74) is 0.563. The summed E-state index contributed by atoms with van der Waals surface area (Å²) in [4.78, 5) is 15.8. The van der Waals surface area contributed by atoms with Crippen LogP contribution in [0.4, 0.5) is 8.78 Å². The molecule has 0 bridgehead atoms. The van der Waals surface area contributed by atoms with E-state index >= 15 is 0 Å². The molecule has 25 heavy (non-hydrogen) atoms. The van der Waals surface area contributed by atoms with Crippen molar-refractivity contribution >= 4 is 11.9 Å². The number of nitrogens with zero attached hydrogens (tertiary/aromatic N) is 1. The second-order valence-electron chi connectivity index (χ2n) is 5.55. The molecule has 0 saturated carbocycles. The molecule has 1 aromatic rings. The molecule has 6 nitrogen and oxygen atoms in total. The quantitative estimate of drug-likeness (QED) is 0.360. The second kappa shape index (κ2) is 11.2. The van der Waals surface area contributed by atoms with Gasteiger partial charge in [-0.2, -0.15) is 8.78 Å². The number of nitrogens with one attached hydrogen (secondary N) is 3. The number of para-hydroxylation sites is 1. The molecule has 8 heteroatoms. The number of alkyl halides is 2. The van der Waals surface area contributed by atoms with Gasteiger partial charge in [0.05, 0.1) is 6.54 Å². The first kappa shape index (κ1) is 20.7. The third-order valence-electron chi connectivity index (χ3n) is 3.18. The molecule has 140 valence electrons. The predicted octanol–water partition coefficient (Wildman–Crippen LogP) is 2.12. The van der Waals surface area contributed by atoms with Gasteiger partial charge in [0.2, 0.25) is 5.91 Å². The average Bonchev–Trinajstić information content (AvgIpc) is 2.56. The summed E-state index contributed by atoms with van der Waals surface area (Å²) >= 11 is 0. The minimum Gasteiger partial charge on any atom is -0.434 e. The molecule has 0 aliphatic heterocycles. The van der Waals surface area contributed by atoms with Crippen molar-refractivity contribution in [1.82, 2.24) is 16.0 Å². The summed E-state index contributed by atoms with van der Waals surface area (Å²) in [7, 11) is 0. The summed E-state index contributed by atoms with van der Waals surface area (Å²) < 4.78 is 29.4. The van der Waals surface area contributed by atoms with Gasteiger partial charge >= 0.3 is 6.61 Å². The Labute approximate surface area is 147 Å². The standard InChI is InChI=1S/C17H26F2N4O2/c1-4-20-17(22-10-9-21-15(24)12(2)3)23-11-13-7-5-6-8-14(13)25-16(18)19/h5-8,12,16H,4,9-11H2,1-3H3,(H,21,24)(H2,20,22,23). The monoisotopic (exact) mass is 356 g/mol. The van der Waals surface area contributed by atoms with E-state index in [2.05, 4.69) is 25.7 Å². The van der Waals surface area contributed by atoms with E-state index in [0.717, 1.165) is 0 Å². The zero-order valence-electron chi connectivity index (χ0n) is 14.8. The van der Waals surface area contributed by atoms with Crippen molar-refractivity contribution in [3.05, 3.63) is 29.8 Å². The summed E-state index contributed by atoms with van der Waals surface area (Å²) in [5.74, 6) is 0.574. The molecular formula is C17H26F2N4O2. The Morgan fingerprint density at radius 3 is 2.48 bits per heavy atom. The summed E-state index contributed by atoms with van der Waals surface area (Å²) in [5, 5.41) is 8.94. The van der Waals surface area contributed by atoms with E-state index in [1.165, 1.54) is 6.07 Å². The summed E-state index contributed by atoms with van der Waals surface area (Å²) in [6, 6.07) is 6.54. The van der Waals surface area contributed by atoms with Crippen LogP contribution in [0, 0.1) is 5.92 Å². The molecule has 0 heterocycles. The smallest absolute Gasteiger partial charge is 0.387 e.